The van der Waals surface area contributed by atoms with Gasteiger partial charge in [-0.25, -0.2) is 9.97 Å². The Balaban J connectivity index is 1.29. The Morgan fingerprint density at radius 1 is 1.19 bits per heavy atom. The molecule has 0 atom stereocenters. The number of nitrogens with one attached hydrogen (secondary N) is 2. The minimum Gasteiger partial charge on any atom is -0.444 e. The van der Waals surface area contributed by atoms with Crippen LogP contribution < -0.4 is 10.6 Å². The molecule has 2 saturated carbocycles. The van der Waals surface area contributed by atoms with Gasteiger partial charge in [-0.15, -0.1) is 0 Å². The molecular weight excluding hydrogens is 485 g/mol. The Kier molecular flexibility index (Phi) is 6.96. The van der Waals surface area contributed by atoms with Crippen molar-refractivity contribution in [3.63, 3.8) is 0 Å². The van der Waals surface area contributed by atoms with Crippen LogP contribution in [0, 0.1) is 17.8 Å². The second-order valence-corrected chi connectivity index (χ2v) is 10.4. The van der Waals surface area contributed by atoms with Crippen molar-refractivity contribution in [1.29, 1.82) is 0 Å². The highest BCUT2D eigenvalue weighted by Crippen LogP contribution is 2.39. The molecule has 2 aliphatic carbocycles. The summed E-state index contributed by atoms with van der Waals surface area (Å²) in [5.41, 5.74) is -1.02. The number of anilines is 2. The average Bonchev–Trinajstić information content (AvgIpc) is 3.38. The van der Waals surface area contributed by atoms with E-state index >= 15 is 0 Å². The molecule has 3 aromatic heterocycles. The molecule has 0 saturated heterocycles. The molecule has 2 aliphatic rings. The van der Waals surface area contributed by atoms with E-state index in [2.05, 4.69) is 39.5 Å². The second-order valence-electron chi connectivity index (χ2n) is 10.4. The molecule has 3 aromatic rings. The molecule has 0 radical (unpaired) electrons. The third-order valence-corrected chi connectivity index (χ3v) is 7.32. The van der Waals surface area contributed by atoms with E-state index in [0.29, 0.717) is 29.1 Å². The van der Waals surface area contributed by atoms with Gasteiger partial charge < -0.3 is 15.1 Å². The number of aromatic nitrogens is 4. The third kappa shape index (κ3) is 5.97. The normalized spacial score (nSPS) is 20.3. The first kappa shape index (κ1) is 25.3. The van der Waals surface area contributed by atoms with Crippen LogP contribution >= 0.6 is 0 Å². The van der Waals surface area contributed by atoms with Crippen molar-refractivity contribution in [3.8, 4) is 11.5 Å². The predicted octanol–water partition coefficient (Wildman–Crippen LogP) is 6.41. The Labute approximate surface area is 213 Å². The minimum atomic E-state index is -4.71. The van der Waals surface area contributed by atoms with E-state index in [-0.39, 0.29) is 23.3 Å². The Bertz CT molecular complexity index is 1240. The zero-order chi connectivity index (χ0) is 26.2. The molecule has 1 amide bonds. The van der Waals surface area contributed by atoms with Crippen LogP contribution in [0.1, 0.15) is 74.6 Å². The summed E-state index contributed by atoms with van der Waals surface area (Å²) >= 11 is 0. The van der Waals surface area contributed by atoms with Gasteiger partial charge in [0.05, 0.1) is 11.7 Å². The van der Waals surface area contributed by atoms with E-state index in [1.807, 2.05) is 0 Å². The van der Waals surface area contributed by atoms with Gasteiger partial charge in [-0.05, 0) is 68.4 Å². The molecule has 0 unspecified atom stereocenters. The first-order valence-electron chi connectivity index (χ1n) is 12.8. The number of rotatable bonds is 8. The fourth-order valence-corrected chi connectivity index (χ4v) is 4.84. The molecule has 2 fully saturated rings. The van der Waals surface area contributed by atoms with Gasteiger partial charge in [0.1, 0.15) is 12.1 Å². The maximum Gasteiger partial charge on any atom is 0.437 e. The molecular formula is C26H31F3N6O2. The number of carbonyl (C=O) groups excluding carboxylic acids is 1. The lowest BCUT2D eigenvalue weighted by Gasteiger charge is -2.30. The van der Waals surface area contributed by atoms with Crippen molar-refractivity contribution in [2.45, 2.75) is 64.6 Å². The summed E-state index contributed by atoms with van der Waals surface area (Å²) in [6.45, 7) is 5.18. The van der Waals surface area contributed by atoms with Gasteiger partial charge >= 0.3 is 6.18 Å². The summed E-state index contributed by atoms with van der Waals surface area (Å²) in [7, 11) is 0. The van der Waals surface area contributed by atoms with Crippen LogP contribution in [0.25, 0.3) is 11.5 Å². The largest absolute Gasteiger partial charge is 0.444 e. The average molecular weight is 517 g/mol. The fraction of sp³-hybridized carbons (Fsp3) is 0.538. The number of alkyl halides is 3. The highest BCUT2D eigenvalue weighted by molar-refractivity contribution is 6.03. The molecule has 198 valence electrons. The number of nitrogens with zero attached hydrogens (tertiary/aromatic N) is 4. The fourth-order valence-electron chi connectivity index (χ4n) is 4.84. The molecule has 8 nitrogen and oxygen atoms in total. The van der Waals surface area contributed by atoms with Gasteiger partial charge in [-0.1, -0.05) is 13.8 Å². The molecule has 5 rings (SSSR count). The summed E-state index contributed by atoms with van der Waals surface area (Å²) in [4.78, 5) is 21.3. The molecule has 3 heterocycles. The van der Waals surface area contributed by atoms with Crippen molar-refractivity contribution in [2.24, 2.45) is 17.8 Å². The highest BCUT2D eigenvalue weighted by Gasteiger charge is 2.39. The Morgan fingerprint density at radius 3 is 2.62 bits per heavy atom. The van der Waals surface area contributed by atoms with Crippen LogP contribution in [0.2, 0.25) is 0 Å². The smallest absolute Gasteiger partial charge is 0.437 e. The van der Waals surface area contributed by atoms with E-state index in [1.165, 1.54) is 23.7 Å². The van der Waals surface area contributed by atoms with Crippen molar-refractivity contribution < 1.29 is 22.4 Å². The zero-order valence-electron chi connectivity index (χ0n) is 20.9. The number of hydrogen-bond donors (Lipinski definition) is 2. The van der Waals surface area contributed by atoms with Gasteiger partial charge in [0.15, 0.2) is 11.4 Å². The first-order chi connectivity index (χ1) is 17.7. The third-order valence-electron chi connectivity index (χ3n) is 7.32. The van der Waals surface area contributed by atoms with Gasteiger partial charge in [-0.3, -0.25) is 9.48 Å². The summed E-state index contributed by atoms with van der Waals surface area (Å²) in [6, 6.07) is 3.32. The first-order valence-corrected chi connectivity index (χ1v) is 12.8. The van der Waals surface area contributed by atoms with Crippen LogP contribution in [0.5, 0.6) is 0 Å². The van der Waals surface area contributed by atoms with Crippen molar-refractivity contribution in [1.82, 2.24) is 19.7 Å². The standard InChI is InChI=1S/C26H31F3N6O2/c1-15(2)17-5-7-19(8-6-17)35-13-20(23(34-35)26(27,28)29)32-24(36)21-14-37-25(33-21)18-9-10-30-22(11-18)31-12-16-3-4-16/h9-11,13-17,19H,3-8,12H2,1-2H3,(H,30,31)(H,32,36). The van der Waals surface area contributed by atoms with E-state index < -0.39 is 17.8 Å². The SMILES string of the molecule is CC(C)C1CCC(n2cc(NC(=O)c3coc(-c4ccnc(NCC5CC5)c4)n3)c(C(F)(F)F)n2)CC1. The summed E-state index contributed by atoms with van der Waals surface area (Å²) in [5, 5.41) is 9.44. The molecule has 0 aliphatic heterocycles. The van der Waals surface area contributed by atoms with Crippen LogP contribution in [0.15, 0.2) is 35.2 Å². The van der Waals surface area contributed by atoms with E-state index in [9.17, 15) is 18.0 Å². The number of halogens is 3. The van der Waals surface area contributed by atoms with Crippen molar-refractivity contribution >= 4 is 17.4 Å². The number of hydrogen-bond acceptors (Lipinski definition) is 6. The van der Waals surface area contributed by atoms with Gasteiger partial charge in [0.25, 0.3) is 5.91 Å². The van der Waals surface area contributed by atoms with Crippen molar-refractivity contribution in [3.05, 3.63) is 42.2 Å². The summed E-state index contributed by atoms with van der Waals surface area (Å²) < 4.78 is 48.1. The number of carbonyl (C=O) groups is 1. The van der Waals surface area contributed by atoms with E-state index in [0.717, 1.165) is 38.5 Å². The monoisotopic (exact) mass is 516 g/mol. The minimum absolute atomic E-state index is 0.127. The maximum atomic E-state index is 13.8. The lowest BCUT2D eigenvalue weighted by molar-refractivity contribution is -0.141. The van der Waals surface area contributed by atoms with Gasteiger partial charge in [0, 0.05) is 24.5 Å². The van der Waals surface area contributed by atoms with Gasteiger partial charge in [-0.2, -0.15) is 18.3 Å². The zero-order valence-corrected chi connectivity index (χ0v) is 20.9. The van der Waals surface area contributed by atoms with E-state index in [1.54, 1.807) is 18.3 Å². The molecule has 0 aromatic carbocycles. The summed E-state index contributed by atoms with van der Waals surface area (Å²) in [6.07, 6.45) is 5.12. The molecule has 37 heavy (non-hydrogen) atoms. The molecule has 11 heteroatoms. The topological polar surface area (TPSA) is 97.9 Å². The Hall–Kier alpha value is -3.37. The number of pyridine rings is 1. The Morgan fingerprint density at radius 2 is 1.95 bits per heavy atom. The van der Waals surface area contributed by atoms with Gasteiger partial charge in [0.2, 0.25) is 5.89 Å². The number of amides is 1. The molecule has 0 spiro atoms. The van der Waals surface area contributed by atoms with E-state index in [4.69, 9.17) is 4.42 Å². The quantitative estimate of drug-likeness (QED) is 0.359. The number of oxazole rings is 1. The molecule has 0 bridgehead atoms. The summed E-state index contributed by atoms with van der Waals surface area (Å²) in [5.74, 6) is 1.83. The van der Waals surface area contributed by atoms with Crippen LogP contribution in [0.4, 0.5) is 24.7 Å². The van der Waals surface area contributed by atoms with Crippen LogP contribution in [0.3, 0.4) is 0 Å². The lowest BCUT2D eigenvalue weighted by atomic mass is 9.80. The maximum absolute atomic E-state index is 13.8. The molecule has 2 N–H and O–H groups in total. The van der Waals surface area contributed by atoms with Crippen molar-refractivity contribution in [2.75, 3.05) is 17.2 Å². The highest BCUT2D eigenvalue weighted by atomic mass is 19.4. The predicted molar refractivity (Wildman–Crippen MR) is 132 cm³/mol. The second kappa shape index (κ2) is 10.2. The lowest BCUT2D eigenvalue weighted by Crippen LogP contribution is -2.22. The van der Waals surface area contributed by atoms with Crippen LogP contribution in [-0.2, 0) is 6.18 Å². The van der Waals surface area contributed by atoms with Crippen LogP contribution in [-0.4, -0.2) is 32.2 Å².